The highest BCUT2D eigenvalue weighted by atomic mass is 35.5. The van der Waals surface area contributed by atoms with E-state index in [1.54, 1.807) is 12.3 Å². The second-order valence-electron chi connectivity index (χ2n) is 4.86. The standard InChI is InChI=1S/C14H15ClN4O2/c15-11-3-1-2-4-13(11)19-9-12(17-18-19)14(20)16-10-5-7-21-8-6-10/h1-4,9-10H,5-8H2,(H,16,20). The topological polar surface area (TPSA) is 69.0 Å². The molecule has 1 fully saturated rings. The van der Waals surface area contributed by atoms with E-state index in [2.05, 4.69) is 15.6 Å². The van der Waals surface area contributed by atoms with Crippen LogP contribution in [0.2, 0.25) is 5.02 Å². The summed E-state index contributed by atoms with van der Waals surface area (Å²) in [5.41, 5.74) is 0.971. The number of nitrogens with zero attached hydrogens (tertiary/aromatic N) is 3. The van der Waals surface area contributed by atoms with E-state index in [0.717, 1.165) is 12.8 Å². The number of rotatable bonds is 3. The van der Waals surface area contributed by atoms with Gasteiger partial charge >= 0.3 is 0 Å². The van der Waals surface area contributed by atoms with Crippen molar-refractivity contribution in [2.75, 3.05) is 13.2 Å². The third-order valence-corrected chi connectivity index (χ3v) is 3.70. The Balaban J connectivity index is 1.72. The Hall–Kier alpha value is -1.92. The molecule has 1 aliphatic rings. The highest BCUT2D eigenvalue weighted by molar-refractivity contribution is 6.32. The fourth-order valence-electron chi connectivity index (χ4n) is 2.22. The van der Waals surface area contributed by atoms with Gasteiger partial charge in [-0.2, -0.15) is 0 Å². The predicted octanol–water partition coefficient (Wildman–Crippen LogP) is 1.83. The number of carbonyl (C=O) groups is 1. The van der Waals surface area contributed by atoms with Crippen LogP contribution in [0.5, 0.6) is 0 Å². The van der Waals surface area contributed by atoms with Gasteiger partial charge in [-0.15, -0.1) is 5.10 Å². The lowest BCUT2D eigenvalue weighted by Crippen LogP contribution is -2.39. The van der Waals surface area contributed by atoms with Gasteiger partial charge in [0.2, 0.25) is 0 Å². The van der Waals surface area contributed by atoms with Gasteiger partial charge < -0.3 is 10.1 Å². The monoisotopic (exact) mass is 306 g/mol. The number of amides is 1. The van der Waals surface area contributed by atoms with Crippen LogP contribution in [0, 0.1) is 0 Å². The van der Waals surface area contributed by atoms with Crippen LogP contribution >= 0.6 is 11.6 Å². The van der Waals surface area contributed by atoms with Crippen molar-refractivity contribution in [2.45, 2.75) is 18.9 Å². The summed E-state index contributed by atoms with van der Waals surface area (Å²) >= 11 is 6.10. The maximum Gasteiger partial charge on any atom is 0.273 e. The summed E-state index contributed by atoms with van der Waals surface area (Å²) in [4.78, 5) is 12.1. The maximum atomic E-state index is 12.1. The average molecular weight is 307 g/mol. The molecule has 1 amide bonds. The largest absolute Gasteiger partial charge is 0.381 e. The van der Waals surface area contributed by atoms with Gasteiger partial charge in [-0.1, -0.05) is 28.9 Å². The molecule has 0 radical (unpaired) electrons. The number of halogens is 1. The van der Waals surface area contributed by atoms with Crippen molar-refractivity contribution in [3.05, 3.63) is 41.2 Å². The lowest BCUT2D eigenvalue weighted by Gasteiger charge is -2.22. The van der Waals surface area contributed by atoms with Gasteiger partial charge in [-0.3, -0.25) is 4.79 Å². The summed E-state index contributed by atoms with van der Waals surface area (Å²) in [6.07, 6.45) is 3.23. The molecule has 0 spiro atoms. The molecule has 6 nitrogen and oxygen atoms in total. The van der Waals surface area contributed by atoms with Crippen LogP contribution in [-0.2, 0) is 4.74 Å². The lowest BCUT2D eigenvalue weighted by atomic mass is 10.1. The number of aromatic nitrogens is 3. The zero-order chi connectivity index (χ0) is 14.7. The molecule has 0 saturated carbocycles. The molecule has 2 heterocycles. The Kier molecular flexibility index (Phi) is 4.17. The molecule has 1 saturated heterocycles. The first-order valence-corrected chi connectivity index (χ1v) is 7.18. The average Bonchev–Trinajstić information content (AvgIpc) is 2.98. The first-order chi connectivity index (χ1) is 10.2. The predicted molar refractivity (Wildman–Crippen MR) is 77.7 cm³/mol. The molecule has 3 rings (SSSR count). The first kappa shape index (κ1) is 14.0. The van der Waals surface area contributed by atoms with Gasteiger partial charge in [0.1, 0.15) is 0 Å². The fraction of sp³-hybridized carbons (Fsp3) is 0.357. The van der Waals surface area contributed by atoms with Gasteiger partial charge in [-0.25, -0.2) is 4.68 Å². The molecule has 1 aromatic carbocycles. The molecule has 7 heteroatoms. The van der Waals surface area contributed by atoms with Crippen LogP contribution in [0.4, 0.5) is 0 Å². The van der Waals surface area contributed by atoms with E-state index in [1.165, 1.54) is 4.68 Å². The van der Waals surface area contributed by atoms with Crippen molar-refractivity contribution >= 4 is 17.5 Å². The second kappa shape index (κ2) is 6.24. The number of hydrogen-bond donors (Lipinski definition) is 1. The van der Waals surface area contributed by atoms with Crippen LogP contribution in [0.3, 0.4) is 0 Å². The summed E-state index contributed by atoms with van der Waals surface area (Å²) in [6, 6.07) is 7.40. The van der Waals surface area contributed by atoms with Crippen molar-refractivity contribution in [1.29, 1.82) is 0 Å². The molecule has 0 unspecified atom stereocenters. The Morgan fingerprint density at radius 1 is 1.33 bits per heavy atom. The molecule has 1 aliphatic heterocycles. The third kappa shape index (κ3) is 3.22. The molecular formula is C14H15ClN4O2. The molecular weight excluding hydrogens is 292 g/mol. The van der Waals surface area contributed by atoms with Gasteiger partial charge in [0.25, 0.3) is 5.91 Å². The van der Waals surface area contributed by atoms with Crippen LogP contribution < -0.4 is 5.32 Å². The van der Waals surface area contributed by atoms with Gasteiger partial charge in [-0.05, 0) is 25.0 Å². The number of carbonyl (C=O) groups excluding carboxylic acids is 1. The van der Waals surface area contributed by atoms with Crippen molar-refractivity contribution in [3.63, 3.8) is 0 Å². The summed E-state index contributed by atoms with van der Waals surface area (Å²) in [5.74, 6) is -0.222. The molecule has 2 aromatic rings. The van der Waals surface area contributed by atoms with E-state index in [0.29, 0.717) is 23.9 Å². The Labute approximate surface area is 127 Å². The minimum absolute atomic E-state index is 0.136. The SMILES string of the molecule is O=C(NC1CCOCC1)c1cn(-c2ccccc2Cl)nn1. The van der Waals surface area contributed by atoms with Crippen LogP contribution in [0.15, 0.2) is 30.5 Å². The van der Waals surface area contributed by atoms with E-state index in [1.807, 2.05) is 18.2 Å². The maximum absolute atomic E-state index is 12.1. The summed E-state index contributed by atoms with van der Waals surface area (Å²) in [7, 11) is 0. The second-order valence-corrected chi connectivity index (χ2v) is 5.27. The minimum atomic E-state index is -0.222. The number of nitrogens with one attached hydrogen (secondary N) is 1. The zero-order valence-corrected chi connectivity index (χ0v) is 12.1. The van der Waals surface area contributed by atoms with E-state index < -0.39 is 0 Å². The fourth-order valence-corrected chi connectivity index (χ4v) is 2.45. The van der Waals surface area contributed by atoms with Crippen LogP contribution in [0.25, 0.3) is 5.69 Å². The summed E-state index contributed by atoms with van der Waals surface area (Å²) < 4.78 is 6.77. The van der Waals surface area contributed by atoms with Crippen LogP contribution in [0.1, 0.15) is 23.3 Å². The van der Waals surface area contributed by atoms with Gasteiger partial charge in [0.15, 0.2) is 5.69 Å². The van der Waals surface area contributed by atoms with Gasteiger partial charge in [0.05, 0.1) is 16.9 Å². The number of ether oxygens (including phenoxy) is 1. The molecule has 0 bridgehead atoms. The Morgan fingerprint density at radius 3 is 2.86 bits per heavy atom. The van der Waals surface area contributed by atoms with E-state index in [4.69, 9.17) is 16.3 Å². The Morgan fingerprint density at radius 2 is 2.10 bits per heavy atom. The first-order valence-electron chi connectivity index (χ1n) is 6.80. The van der Waals surface area contributed by atoms with Crippen LogP contribution in [-0.4, -0.2) is 40.2 Å². The number of hydrogen-bond acceptors (Lipinski definition) is 4. The third-order valence-electron chi connectivity index (χ3n) is 3.38. The number of para-hydroxylation sites is 1. The van der Waals surface area contributed by atoms with Crippen molar-refractivity contribution in [2.24, 2.45) is 0 Å². The molecule has 1 N–H and O–H groups in total. The normalized spacial score (nSPS) is 15.9. The zero-order valence-electron chi connectivity index (χ0n) is 11.3. The number of benzene rings is 1. The van der Waals surface area contributed by atoms with E-state index in [9.17, 15) is 4.79 Å². The lowest BCUT2D eigenvalue weighted by molar-refractivity contribution is 0.0694. The molecule has 0 atom stereocenters. The summed E-state index contributed by atoms with van der Waals surface area (Å²) in [6.45, 7) is 1.36. The van der Waals surface area contributed by atoms with Crippen molar-refractivity contribution < 1.29 is 9.53 Å². The Bertz CT molecular complexity index is 637. The van der Waals surface area contributed by atoms with E-state index >= 15 is 0 Å². The smallest absolute Gasteiger partial charge is 0.273 e. The van der Waals surface area contributed by atoms with Crippen molar-refractivity contribution in [1.82, 2.24) is 20.3 Å². The highest BCUT2D eigenvalue weighted by Crippen LogP contribution is 2.18. The van der Waals surface area contributed by atoms with Gasteiger partial charge in [0, 0.05) is 19.3 Å². The molecule has 110 valence electrons. The van der Waals surface area contributed by atoms with Crippen molar-refractivity contribution in [3.8, 4) is 5.69 Å². The summed E-state index contributed by atoms with van der Waals surface area (Å²) in [5, 5.41) is 11.4. The minimum Gasteiger partial charge on any atom is -0.381 e. The molecule has 1 aromatic heterocycles. The highest BCUT2D eigenvalue weighted by Gasteiger charge is 2.19. The molecule has 0 aliphatic carbocycles. The van der Waals surface area contributed by atoms with E-state index in [-0.39, 0.29) is 17.6 Å². The molecule has 21 heavy (non-hydrogen) atoms. The quantitative estimate of drug-likeness (QED) is 0.939.